The first kappa shape index (κ1) is 16.6. The highest BCUT2D eigenvalue weighted by Crippen LogP contribution is 2.27. The number of thiophene rings is 1. The number of alkyl halides is 1. The Kier molecular flexibility index (Phi) is 6.31. The molecule has 3 nitrogen and oxygen atoms in total. The standard InChI is InChI=1S/C11H17Br2NO2S2/c1-11(2,6-3-7-12)8-14-18(15,16)10-5-4-9(13)17-10/h4-5,14H,3,6-8H2,1-2H3. The molecule has 0 fully saturated rings. The molecule has 1 aromatic heterocycles. The van der Waals surface area contributed by atoms with E-state index in [1.807, 2.05) is 0 Å². The van der Waals surface area contributed by atoms with Crippen molar-refractivity contribution >= 4 is 53.2 Å². The van der Waals surface area contributed by atoms with Crippen LogP contribution in [-0.2, 0) is 10.0 Å². The molecule has 0 unspecified atom stereocenters. The molecule has 1 N–H and O–H groups in total. The largest absolute Gasteiger partial charge is 0.250 e. The molecule has 0 amide bonds. The van der Waals surface area contributed by atoms with E-state index in [9.17, 15) is 8.42 Å². The second kappa shape index (κ2) is 6.83. The quantitative estimate of drug-likeness (QED) is 0.680. The lowest BCUT2D eigenvalue weighted by molar-refractivity contribution is 0.332. The monoisotopic (exact) mass is 417 g/mol. The molecule has 0 bridgehead atoms. The number of sulfonamides is 1. The van der Waals surface area contributed by atoms with Crippen molar-refractivity contribution in [3.05, 3.63) is 15.9 Å². The van der Waals surface area contributed by atoms with Gasteiger partial charge in [0, 0.05) is 11.9 Å². The SMILES string of the molecule is CC(C)(CCCBr)CNS(=O)(=O)c1ccc(Br)s1. The van der Waals surface area contributed by atoms with Gasteiger partial charge in [-0.05, 0) is 46.3 Å². The molecule has 0 radical (unpaired) electrons. The van der Waals surface area contributed by atoms with Gasteiger partial charge in [0.15, 0.2) is 0 Å². The van der Waals surface area contributed by atoms with Crippen LogP contribution in [0.2, 0.25) is 0 Å². The minimum Gasteiger partial charge on any atom is -0.210 e. The number of hydrogen-bond donors (Lipinski definition) is 1. The Morgan fingerprint density at radius 3 is 2.56 bits per heavy atom. The van der Waals surface area contributed by atoms with E-state index in [2.05, 4.69) is 50.4 Å². The number of nitrogens with one attached hydrogen (secondary N) is 1. The van der Waals surface area contributed by atoms with Crippen molar-refractivity contribution in [1.82, 2.24) is 4.72 Å². The molecule has 0 spiro atoms. The van der Waals surface area contributed by atoms with Gasteiger partial charge in [-0.1, -0.05) is 29.8 Å². The van der Waals surface area contributed by atoms with E-state index in [1.165, 1.54) is 11.3 Å². The predicted molar refractivity (Wildman–Crippen MR) is 84.0 cm³/mol. The third-order valence-electron chi connectivity index (χ3n) is 2.54. The van der Waals surface area contributed by atoms with Gasteiger partial charge in [-0.2, -0.15) is 0 Å². The van der Waals surface area contributed by atoms with Gasteiger partial charge >= 0.3 is 0 Å². The summed E-state index contributed by atoms with van der Waals surface area (Å²) >= 11 is 7.88. The van der Waals surface area contributed by atoms with Gasteiger partial charge in [-0.3, -0.25) is 0 Å². The van der Waals surface area contributed by atoms with Crippen LogP contribution in [0.1, 0.15) is 26.7 Å². The third kappa shape index (κ3) is 5.28. The fourth-order valence-electron chi connectivity index (χ4n) is 1.44. The highest BCUT2D eigenvalue weighted by molar-refractivity contribution is 9.11. The summed E-state index contributed by atoms with van der Waals surface area (Å²) < 4.78 is 27.9. The summed E-state index contributed by atoms with van der Waals surface area (Å²) in [4.78, 5) is 0. The van der Waals surface area contributed by atoms with E-state index in [-0.39, 0.29) is 5.41 Å². The molecule has 0 saturated carbocycles. The highest BCUT2D eigenvalue weighted by Gasteiger charge is 2.22. The summed E-state index contributed by atoms with van der Waals surface area (Å²) in [6.45, 7) is 4.60. The molecule has 0 aliphatic rings. The molecule has 0 aliphatic heterocycles. The van der Waals surface area contributed by atoms with E-state index >= 15 is 0 Å². The molecule has 1 aromatic rings. The molecular formula is C11H17Br2NO2S2. The van der Waals surface area contributed by atoms with Crippen molar-refractivity contribution in [2.45, 2.75) is 30.9 Å². The van der Waals surface area contributed by atoms with Crippen LogP contribution in [-0.4, -0.2) is 20.3 Å². The van der Waals surface area contributed by atoms with Crippen molar-refractivity contribution in [3.63, 3.8) is 0 Å². The Morgan fingerprint density at radius 2 is 2.06 bits per heavy atom. The lowest BCUT2D eigenvalue weighted by Gasteiger charge is -2.24. The maximum absolute atomic E-state index is 12.0. The maximum Gasteiger partial charge on any atom is 0.250 e. The van der Waals surface area contributed by atoms with Crippen molar-refractivity contribution in [1.29, 1.82) is 0 Å². The van der Waals surface area contributed by atoms with Crippen LogP contribution >= 0.6 is 43.2 Å². The lowest BCUT2D eigenvalue weighted by Crippen LogP contribution is -2.33. The van der Waals surface area contributed by atoms with Crippen LogP contribution in [0.4, 0.5) is 0 Å². The van der Waals surface area contributed by atoms with Gasteiger partial charge in [0.05, 0.1) is 3.79 Å². The molecule has 7 heteroatoms. The number of hydrogen-bond acceptors (Lipinski definition) is 3. The highest BCUT2D eigenvalue weighted by atomic mass is 79.9. The van der Waals surface area contributed by atoms with Gasteiger partial charge in [-0.25, -0.2) is 13.1 Å². The van der Waals surface area contributed by atoms with Crippen LogP contribution < -0.4 is 4.72 Å². The Bertz CT molecular complexity index is 483. The number of rotatable bonds is 7. The lowest BCUT2D eigenvalue weighted by atomic mass is 9.88. The third-order valence-corrected chi connectivity index (χ3v) is 6.62. The summed E-state index contributed by atoms with van der Waals surface area (Å²) in [6, 6.07) is 3.36. The van der Waals surface area contributed by atoms with Crippen LogP contribution in [0.25, 0.3) is 0 Å². The molecule has 0 atom stereocenters. The van der Waals surface area contributed by atoms with E-state index in [4.69, 9.17) is 0 Å². The Balaban J connectivity index is 2.62. The van der Waals surface area contributed by atoms with Crippen molar-refractivity contribution in [3.8, 4) is 0 Å². The second-order valence-electron chi connectivity index (χ2n) is 4.84. The average Bonchev–Trinajstić information content (AvgIpc) is 2.72. The molecule has 1 rings (SSSR count). The smallest absolute Gasteiger partial charge is 0.210 e. The van der Waals surface area contributed by atoms with Crippen LogP contribution in [0.5, 0.6) is 0 Å². The van der Waals surface area contributed by atoms with Gasteiger partial charge in [-0.15, -0.1) is 11.3 Å². The fourth-order valence-corrected chi connectivity index (χ4v) is 5.01. The van der Waals surface area contributed by atoms with Crippen LogP contribution in [0.3, 0.4) is 0 Å². The molecule has 104 valence electrons. The zero-order valence-corrected chi connectivity index (χ0v) is 15.2. The summed E-state index contributed by atoms with van der Waals surface area (Å²) in [7, 11) is -3.37. The van der Waals surface area contributed by atoms with Gasteiger partial charge in [0.2, 0.25) is 10.0 Å². The number of halogens is 2. The zero-order chi connectivity index (χ0) is 13.8. The minimum absolute atomic E-state index is 0.0324. The topological polar surface area (TPSA) is 46.2 Å². The molecule has 0 aromatic carbocycles. The van der Waals surface area contributed by atoms with E-state index in [0.29, 0.717) is 10.8 Å². The molecule has 1 heterocycles. The normalized spacial score (nSPS) is 12.9. The van der Waals surface area contributed by atoms with Crippen molar-refractivity contribution < 1.29 is 8.42 Å². The van der Waals surface area contributed by atoms with E-state index in [0.717, 1.165) is 22.0 Å². The maximum atomic E-state index is 12.0. The molecule has 0 saturated heterocycles. The molecule has 0 aliphatic carbocycles. The van der Waals surface area contributed by atoms with Gasteiger partial charge < -0.3 is 0 Å². The van der Waals surface area contributed by atoms with Crippen LogP contribution in [0, 0.1) is 5.41 Å². The van der Waals surface area contributed by atoms with Crippen molar-refractivity contribution in [2.75, 3.05) is 11.9 Å². The zero-order valence-electron chi connectivity index (χ0n) is 10.4. The minimum atomic E-state index is -3.37. The molecular weight excluding hydrogens is 402 g/mol. The average molecular weight is 419 g/mol. The summed E-state index contributed by atoms with van der Waals surface area (Å²) in [5.41, 5.74) is -0.0324. The first-order valence-electron chi connectivity index (χ1n) is 5.58. The Labute approximate surface area is 130 Å². The summed E-state index contributed by atoms with van der Waals surface area (Å²) in [5.74, 6) is 0. The predicted octanol–water partition coefficient (Wildman–Crippen LogP) is 3.99. The van der Waals surface area contributed by atoms with Crippen molar-refractivity contribution in [2.24, 2.45) is 5.41 Å². The first-order valence-corrected chi connectivity index (χ1v) is 9.79. The summed E-state index contributed by atoms with van der Waals surface area (Å²) in [5, 5.41) is 0.945. The van der Waals surface area contributed by atoms with E-state index < -0.39 is 10.0 Å². The molecule has 18 heavy (non-hydrogen) atoms. The Morgan fingerprint density at radius 1 is 1.39 bits per heavy atom. The fraction of sp³-hybridized carbons (Fsp3) is 0.636. The first-order chi connectivity index (χ1) is 8.27. The van der Waals surface area contributed by atoms with E-state index in [1.54, 1.807) is 12.1 Å². The summed E-state index contributed by atoms with van der Waals surface area (Å²) in [6.07, 6.45) is 2.02. The van der Waals surface area contributed by atoms with Gasteiger partial charge in [0.25, 0.3) is 0 Å². The van der Waals surface area contributed by atoms with Gasteiger partial charge in [0.1, 0.15) is 4.21 Å². The Hall–Kier alpha value is 0.570. The van der Waals surface area contributed by atoms with Crippen LogP contribution in [0.15, 0.2) is 20.1 Å². The second-order valence-corrected chi connectivity index (χ2v) is 10.1.